The summed E-state index contributed by atoms with van der Waals surface area (Å²) in [6.45, 7) is 6.81. The number of benzene rings is 1. The Kier molecular flexibility index (Phi) is 5.92. The first-order valence-electron chi connectivity index (χ1n) is 10.7. The Morgan fingerprint density at radius 3 is 2.56 bits per heavy atom. The first-order valence-corrected chi connectivity index (χ1v) is 10.7. The quantitative estimate of drug-likeness (QED) is 0.714. The van der Waals surface area contributed by atoms with Gasteiger partial charge in [0.05, 0.1) is 5.69 Å². The standard InChI is InChI=1S/C23H32FN3/c1-2-27-23(16-22(25-27)15-19-8-5-9-21(24)14-19)20-10-12-26(13-11-20)17-18-6-3-4-7-18/h5,8-9,14,16,18,20H,2-4,6-7,10-13,15,17H2,1H3. The number of piperidine rings is 1. The van der Waals surface area contributed by atoms with E-state index in [0.717, 1.165) is 23.7 Å². The monoisotopic (exact) mass is 369 g/mol. The fourth-order valence-corrected chi connectivity index (χ4v) is 4.98. The van der Waals surface area contributed by atoms with Crippen molar-refractivity contribution < 1.29 is 4.39 Å². The second-order valence-electron chi connectivity index (χ2n) is 8.41. The van der Waals surface area contributed by atoms with Crippen LogP contribution in [-0.2, 0) is 13.0 Å². The molecule has 1 aromatic carbocycles. The van der Waals surface area contributed by atoms with E-state index < -0.39 is 0 Å². The number of likely N-dealkylation sites (tertiary alicyclic amines) is 1. The zero-order valence-electron chi connectivity index (χ0n) is 16.5. The molecule has 0 amide bonds. The summed E-state index contributed by atoms with van der Waals surface area (Å²) in [5.41, 5.74) is 3.43. The van der Waals surface area contributed by atoms with E-state index in [9.17, 15) is 4.39 Å². The molecule has 3 nitrogen and oxygen atoms in total. The Balaban J connectivity index is 1.39. The lowest BCUT2D eigenvalue weighted by Gasteiger charge is -2.33. The molecule has 2 fully saturated rings. The summed E-state index contributed by atoms with van der Waals surface area (Å²) < 4.78 is 15.6. The molecule has 0 N–H and O–H groups in total. The Morgan fingerprint density at radius 2 is 1.85 bits per heavy atom. The van der Waals surface area contributed by atoms with E-state index in [4.69, 9.17) is 5.10 Å². The van der Waals surface area contributed by atoms with Crippen molar-refractivity contribution in [3.8, 4) is 0 Å². The van der Waals surface area contributed by atoms with E-state index in [1.807, 2.05) is 6.07 Å². The van der Waals surface area contributed by atoms with Crippen LogP contribution >= 0.6 is 0 Å². The molecule has 0 spiro atoms. The SMILES string of the molecule is CCn1nc(Cc2cccc(F)c2)cc1C1CCN(CC2CCCC2)CC1. The Morgan fingerprint density at radius 1 is 1.07 bits per heavy atom. The molecule has 2 aromatic rings. The lowest BCUT2D eigenvalue weighted by atomic mass is 9.92. The average molecular weight is 370 g/mol. The predicted octanol–water partition coefficient (Wildman–Crippen LogP) is 5.00. The van der Waals surface area contributed by atoms with E-state index in [2.05, 4.69) is 22.6 Å². The predicted molar refractivity (Wildman–Crippen MR) is 107 cm³/mol. The van der Waals surface area contributed by atoms with Gasteiger partial charge in [-0.2, -0.15) is 5.10 Å². The molecule has 1 aromatic heterocycles. The number of rotatable bonds is 6. The average Bonchev–Trinajstić information content (AvgIpc) is 3.32. The number of aryl methyl sites for hydroxylation is 1. The van der Waals surface area contributed by atoms with Crippen LogP contribution in [0.15, 0.2) is 30.3 Å². The molecule has 2 aliphatic rings. The normalized spacial score (nSPS) is 19.8. The molecule has 4 heteroatoms. The van der Waals surface area contributed by atoms with E-state index in [1.54, 1.807) is 12.1 Å². The van der Waals surface area contributed by atoms with E-state index in [-0.39, 0.29) is 5.82 Å². The van der Waals surface area contributed by atoms with Crippen LogP contribution in [-0.4, -0.2) is 34.3 Å². The van der Waals surface area contributed by atoms with Gasteiger partial charge in [0.15, 0.2) is 0 Å². The Bertz CT molecular complexity index is 740. The van der Waals surface area contributed by atoms with E-state index >= 15 is 0 Å². The zero-order chi connectivity index (χ0) is 18.6. The van der Waals surface area contributed by atoms with Gasteiger partial charge in [0.1, 0.15) is 5.82 Å². The Labute approximate surface area is 162 Å². The van der Waals surface area contributed by atoms with Crippen molar-refractivity contribution in [2.75, 3.05) is 19.6 Å². The summed E-state index contributed by atoms with van der Waals surface area (Å²) in [6, 6.07) is 9.15. The lowest BCUT2D eigenvalue weighted by Crippen LogP contribution is -2.36. The topological polar surface area (TPSA) is 21.1 Å². The molecule has 2 heterocycles. The summed E-state index contributed by atoms with van der Waals surface area (Å²) in [4.78, 5) is 2.69. The lowest BCUT2D eigenvalue weighted by molar-refractivity contribution is 0.181. The highest BCUT2D eigenvalue weighted by Crippen LogP contribution is 2.31. The molecule has 0 bridgehead atoms. The van der Waals surface area contributed by atoms with E-state index in [0.29, 0.717) is 12.3 Å². The second-order valence-corrected chi connectivity index (χ2v) is 8.41. The van der Waals surface area contributed by atoms with Crippen LogP contribution in [0.4, 0.5) is 4.39 Å². The van der Waals surface area contributed by atoms with Gasteiger partial charge in [-0.3, -0.25) is 4.68 Å². The van der Waals surface area contributed by atoms with Crippen molar-refractivity contribution in [2.24, 2.45) is 5.92 Å². The maximum absolute atomic E-state index is 13.5. The van der Waals surface area contributed by atoms with Crippen molar-refractivity contribution in [2.45, 2.75) is 64.3 Å². The van der Waals surface area contributed by atoms with Crippen LogP contribution in [0, 0.1) is 11.7 Å². The molecule has 0 unspecified atom stereocenters. The molecular formula is C23H32FN3. The number of nitrogens with zero attached hydrogens (tertiary/aromatic N) is 3. The maximum atomic E-state index is 13.5. The van der Waals surface area contributed by atoms with Gasteiger partial charge >= 0.3 is 0 Å². The highest BCUT2D eigenvalue weighted by Gasteiger charge is 2.26. The highest BCUT2D eigenvalue weighted by atomic mass is 19.1. The highest BCUT2D eigenvalue weighted by molar-refractivity contribution is 5.25. The third kappa shape index (κ3) is 4.60. The number of halogens is 1. The third-order valence-electron chi connectivity index (χ3n) is 6.43. The van der Waals surface area contributed by atoms with Crippen LogP contribution in [0.1, 0.15) is 68.3 Å². The van der Waals surface area contributed by atoms with Gasteiger partial charge in [-0.1, -0.05) is 25.0 Å². The van der Waals surface area contributed by atoms with Crippen LogP contribution in [0.5, 0.6) is 0 Å². The molecule has 1 saturated carbocycles. The van der Waals surface area contributed by atoms with Gasteiger partial charge in [0.2, 0.25) is 0 Å². The summed E-state index contributed by atoms with van der Waals surface area (Å²) in [5.74, 6) is 1.39. The second kappa shape index (κ2) is 8.55. The molecule has 1 saturated heterocycles. The third-order valence-corrected chi connectivity index (χ3v) is 6.43. The first-order chi connectivity index (χ1) is 13.2. The number of aromatic nitrogens is 2. The summed E-state index contributed by atoms with van der Waals surface area (Å²) >= 11 is 0. The number of hydrogen-bond acceptors (Lipinski definition) is 2. The first kappa shape index (κ1) is 18.7. The van der Waals surface area contributed by atoms with Crippen LogP contribution in [0.2, 0.25) is 0 Å². The molecule has 146 valence electrons. The fourth-order valence-electron chi connectivity index (χ4n) is 4.98. The minimum atomic E-state index is -0.169. The van der Waals surface area contributed by atoms with Gasteiger partial charge in [0.25, 0.3) is 0 Å². The summed E-state index contributed by atoms with van der Waals surface area (Å²) in [5, 5.41) is 4.81. The number of hydrogen-bond donors (Lipinski definition) is 0. The smallest absolute Gasteiger partial charge is 0.123 e. The van der Waals surface area contributed by atoms with Gasteiger partial charge < -0.3 is 4.90 Å². The minimum Gasteiger partial charge on any atom is -0.303 e. The van der Waals surface area contributed by atoms with Crippen molar-refractivity contribution in [3.05, 3.63) is 53.1 Å². The van der Waals surface area contributed by atoms with Gasteiger partial charge in [0, 0.05) is 31.1 Å². The molecule has 27 heavy (non-hydrogen) atoms. The van der Waals surface area contributed by atoms with Crippen molar-refractivity contribution in [1.29, 1.82) is 0 Å². The van der Waals surface area contributed by atoms with Gasteiger partial charge in [-0.25, -0.2) is 4.39 Å². The summed E-state index contributed by atoms with van der Waals surface area (Å²) in [7, 11) is 0. The molecule has 1 aliphatic carbocycles. The van der Waals surface area contributed by atoms with Crippen molar-refractivity contribution >= 4 is 0 Å². The molecule has 4 rings (SSSR count). The summed E-state index contributed by atoms with van der Waals surface area (Å²) in [6.07, 6.45) is 8.92. The Hall–Kier alpha value is -1.68. The van der Waals surface area contributed by atoms with Gasteiger partial charge in [-0.05, 0) is 75.4 Å². The van der Waals surface area contributed by atoms with Crippen molar-refractivity contribution in [3.63, 3.8) is 0 Å². The van der Waals surface area contributed by atoms with Crippen LogP contribution < -0.4 is 0 Å². The minimum absolute atomic E-state index is 0.169. The molecule has 0 atom stereocenters. The van der Waals surface area contributed by atoms with Gasteiger partial charge in [-0.15, -0.1) is 0 Å². The van der Waals surface area contributed by atoms with Crippen LogP contribution in [0.3, 0.4) is 0 Å². The van der Waals surface area contributed by atoms with E-state index in [1.165, 1.54) is 69.9 Å². The zero-order valence-corrected chi connectivity index (χ0v) is 16.5. The largest absolute Gasteiger partial charge is 0.303 e. The molecular weight excluding hydrogens is 337 g/mol. The molecule has 1 aliphatic heterocycles. The van der Waals surface area contributed by atoms with Crippen LogP contribution in [0.25, 0.3) is 0 Å². The van der Waals surface area contributed by atoms with Crippen molar-refractivity contribution in [1.82, 2.24) is 14.7 Å². The fraction of sp³-hybridized carbons (Fsp3) is 0.609. The molecule has 0 radical (unpaired) electrons. The maximum Gasteiger partial charge on any atom is 0.123 e.